The molecule has 0 spiro atoms. The molecule has 2 aromatic rings. The Labute approximate surface area is 163 Å². The molecule has 0 saturated heterocycles. The van der Waals surface area contributed by atoms with Gasteiger partial charge in [0.05, 0.1) is 0 Å². The fraction of sp³-hybridized carbons (Fsp3) is 0.440. The Balaban J connectivity index is 1.76. The van der Waals surface area contributed by atoms with Crippen LogP contribution in [-0.2, 0) is 0 Å². The molecule has 0 bridgehead atoms. The molecular weight excluding hydrogens is 332 g/mol. The SMILES string of the molecule is CCCC(C)CC(c1ccc(O)cc1)C1CC=C(c2ccc(O)cc2)CC1. The molecule has 2 nitrogen and oxygen atoms in total. The highest BCUT2D eigenvalue weighted by atomic mass is 16.3. The van der Waals surface area contributed by atoms with Gasteiger partial charge in [0.2, 0.25) is 0 Å². The minimum Gasteiger partial charge on any atom is -0.508 e. The van der Waals surface area contributed by atoms with E-state index in [-0.39, 0.29) is 0 Å². The molecule has 0 saturated carbocycles. The van der Waals surface area contributed by atoms with E-state index in [1.54, 1.807) is 12.1 Å². The van der Waals surface area contributed by atoms with Crippen LogP contribution < -0.4 is 0 Å². The molecule has 1 aliphatic rings. The molecular formula is C25H32O2. The van der Waals surface area contributed by atoms with Crippen molar-refractivity contribution in [2.24, 2.45) is 11.8 Å². The van der Waals surface area contributed by atoms with Crippen molar-refractivity contribution in [3.63, 3.8) is 0 Å². The standard InChI is InChI=1S/C25H32O2/c1-3-4-18(2)17-25(22-11-15-24(27)16-12-22)21-7-5-19(6-8-21)20-9-13-23(26)14-10-20/h5,9-16,18,21,25-27H,3-4,6-8,17H2,1-2H3. The van der Waals surface area contributed by atoms with E-state index in [0.717, 1.165) is 18.8 Å². The van der Waals surface area contributed by atoms with Crippen LogP contribution in [0.1, 0.15) is 69.4 Å². The molecule has 0 aliphatic heterocycles. The van der Waals surface area contributed by atoms with Gasteiger partial charge in [0, 0.05) is 0 Å². The summed E-state index contributed by atoms with van der Waals surface area (Å²) in [6.07, 6.45) is 9.50. The van der Waals surface area contributed by atoms with Gasteiger partial charge in [-0.15, -0.1) is 0 Å². The van der Waals surface area contributed by atoms with Crippen molar-refractivity contribution in [3.05, 3.63) is 65.7 Å². The Morgan fingerprint density at radius 2 is 1.59 bits per heavy atom. The molecule has 0 amide bonds. The average molecular weight is 365 g/mol. The lowest BCUT2D eigenvalue weighted by Gasteiger charge is -2.32. The van der Waals surface area contributed by atoms with E-state index < -0.39 is 0 Å². The summed E-state index contributed by atoms with van der Waals surface area (Å²) >= 11 is 0. The summed E-state index contributed by atoms with van der Waals surface area (Å²) in [4.78, 5) is 0. The monoisotopic (exact) mass is 364 g/mol. The number of rotatable bonds is 7. The largest absolute Gasteiger partial charge is 0.508 e. The molecule has 1 aliphatic carbocycles. The third-order valence-corrected chi connectivity index (χ3v) is 6.02. The Kier molecular flexibility index (Phi) is 6.60. The van der Waals surface area contributed by atoms with Gasteiger partial charge in [-0.2, -0.15) is 0 Å². The van der Waals surface area contributed by atoms with Crippen molar-refractivity contribution in [3.8, 4) is 11.5 Å². The van der Waals surface area contributed by atoms with Crippen LogP contribution in [0.2, 0.25) is 0 Å². The fourth-order valence-corrected chi connectivity index (χ4v) is 4.52. The Hall–Kier alpha value is -2.22. The molecule has 3 atom stereocenters. The molecule has 3 unspecified atom stereocenters. The third-order valence-electron chi connectivity index (χ3n) is 6.02. The van der Waals surface area contributed by atoms with Crippen molar-refractivity contribution in [2.75, 3.05) is 0 Å². The van der Waals surface area contributed by atoms with Gasteiger partial charge in [-0.1, -0.05) is 57.0 Å². The van der Waals surface area contributed by atoms with E-state index in [2.05, 4.69) is 32.1 Å². The lowest BCUT2D eigenvalue weighted by Crippen LogP contribution is -2.18. The van der Waals surface area contributed by atoms with Crippen LogP contribution in [0.5, 0.6) is 11.5 Å². The molecule has 144 valence electrons. The van der Waals surface area contributed by atoms with Gasteiger partial charge in [-0.3, -0.25) is 0 Å². The number of hydrogen-bond acceptors (Lipinski definition) is 2. The van der Waals surface area contributed by atoms with Crippen LogP contribution in [0, 0.1) is 11.8 Å². The summed E-state index contributed by atoms with van der Waals surface area (Å²) in [7, 11) is 0. The quantitative estimate of drug-likeness (QED) is 0.561. The van der Waals surface area contributed by atoms with Crippen LogP contribution in [0.3, 0.4) is 0 Å². The van der Waals surface area contributed by atoms with Gasteiger partial charge in [-0.25, -0.2) is 0 Å². The number of aromatic hydroxyl groups is 2. The summed E-state index contributed by atoms with van der Waals surface area (Å²) in [5.41, 5.74) is 3.99. The molecule has 0 radical (unpaired) electrons. The predicted molar refractivity (Wildman–Crippen MR) is 113 cm³/mol. The number of benzene rings is 2. The van der Waals surface area contributed by atoms with E-state index >= 15 is 0 Å². The van der Waals surface area contributed by atoms with Gasteiger partial charge in [0.1, 0.15) is 11.5 Å². The fourth-order valence-electron chi connectivity index (χ4n) is 4.52. The predicted octanol–water partition coefficient (Wildman–Crippen LogP) is 6.89. The van der Waals surface area contributed by atoms with Crippen molar-refractivity contribution in [1.29, 1.82) is 0 Å². The molecule has 0 aromatic heterocycles. The molecule has 0 fully saturated rings. The second-order valence-corrected chi connectivity index (χ2v) is 8.14. The summed E-state index contributed by atoms with van der Waals surface area (Å²) in [5.74, 6) is 2.58. The first kappa shape index (κ1) is 19.5. The van der Waals surface area contributed by atoms with Gasteiger partial charge >= 0.3 is 0 Å². The van der Waals surface area contributed by atoms with E-state index in [1.165, 1.54) is 42.4 Å². The molecule has 2 heteroatoms. The zero-order chi connectivity index (χ0) is 19.2. The molecule has 2 N–H and O–H groups in total. The van der Waals surface area contributed by atoms with E-state index in [4.69, 9.17) is 0 Å². The summed E-state index contributed by atoms with van der Waals surface area (Å²) in [6, 6.07) is 15.4. The maximum absolute atomic E-state index is 9.67. The highest BCUT2D eigenvalue weighted by Gasteiger charge is 2.27. The van der Waals surface area contributed by atoms with Crippen molar-refractivity contribution in [1.82, 2.24) is 0 Å². The zero-order valence-electron chi connectivity index (χ0n) is 16.6. The highest BCUT2D eigenvalue weighted by molar-refractivity contribution is 5.66. The summed E-state index contributed by atoms with van der Waals surface area (Å²) < 4.78 is 0. The lowest BCUT2D eigenvalue weighted by atomic mass is 9.73. The van der Waals surface area contributed by atoms with Crippen molar-refractivity contribution >= 4 is 5.57 Å². The third kappa shape index (κ3) is 5.15. The second-order valence-electron chi connectivity index (χ2n) is 8.14. The van der Waals surface area contributed by atoms with Crippen LogP contribution in [0.15, 0.2) is 54.6 Å². The molecule has 27 heavy (non-hydrogen) atoms. The lowest BCUT2D eigenvalue weighted by molar-refractivity contribution is 0.323. The minimum absolute atomic E-state index is 0.324. The maximum Gasteiger partial charge on any atom is 0.115 e. The van der Waals surface area contributed by atoms with Gasteiger partial charge in [0.25, 0.3) is 0 Å². The number of allylic oxidation sites excluding steroid dienone is 2. The zero-order valence-corrected chi connectivity index (χ0v) is 16.6. The Bertz CT molecular complexity index is 743. The van der Waals surface area contributed by atoms with E-state index in [9.17, 15) is 10.2 Å². The second kappa shape index (κ2) is 9.12. The highest BCUT2D eigenvalue weighted by Crippen LogP contribution is 2.42. The van der Waals surface area contributed by atoms with E-state index in [0.29, 0.717) is 23.3 Å². The van der Waals surface area contributed by atoms with Crippen LogP contribution in [-0.4, -0.2) is 10.2 Å². The van der Waals surface area contributed by atoms with Crippen LogP contribution in [0.4, 0.5) is 0 Å². The molecule has 2 aromatic carbocycles. The summed E-state index contributed by atoms with van der Waals surface area (Å²) in [6.45, 7) is 4.64. The van der Waals surface area contributed by atoms with Crippen LogP contribution >= 0.6 is 0 Å². The normalized spacial score (nSPS) is 19.3. The van der Waals surface area contributed by atoms with Crippen LogP contribution in [0.25, 0.3) is 5.57 Å². The topological polar surface area (TPSA) is 40.5 Å². The maximum atomic E-state index is 9.67. The van der Waals surface area contributed by atoms with E-state index in [1.807, 2.05) is 24.3 Å². The van der Waals surface area contributed by atoms with Gasteiger partial charge < -0.3 is 10.2 Å². The Morgan fingerprint density at radius 3 is 2.15 bits per heavy atom. The summed E-state index contributed by atoms with van der Waals surface area (Å²) in [5, 5.41) is 19.2. The van der Waals surface area contributed by atoms with Crippen molar-refractivity contribution < 1.29 is 10.2 Å². The van der Waals surface area contributed by atoms with Gasteiger partial charge in [0.15, 0.2) is 0 Å². The first-order chi connectivity index (χ1) is 13.1. The average Bonchev–Trinajstić information content (AvgIpc) is 2.68. The van der Waals surface area contributed by atoms with Gasteiger partial charge in [-0.05, 0) is 84.4 Å². The first-order valence-electron chi connectivity index (χ1n) is 10.3. The molecule has 0 heterocycles. The smallest absolute Gasteiger partial charge is 0.115 e. The number of phenols is 2. The first-order valence-corrected chi connectivity index (χ1v) is 10.3. The molecule has 3 rings (SSSR count). The number of hydrogen-bond donors (Lipinski definition) is 2. The number of phenolic OH excluding ortho intramolecular Hbond substituents is 2. The Morgan fingerprint density at radius 1 is 0.963 bits per heavy atom. The van der Waals surface area contributed by atoms with Crippen molar-refractivity contribution in [2.45, 2.75) is 58.3 Å². The minimum atomic E-state index is 0.324.